The van der Waals surface area contributed by atoms with E-state index in [2.05, 4.69) is 54.5 Å². The molecule has 2 aliphatic heterocycles. The molecule has 2 aliphatic rings. The third-order valence-electron chi connectivity index (χ3n) is 6.32. The van der Waals surface area contributed by atoms with Crippen LogP contribution in [-0.2, 0) is 10.3 Å². The highest BCUT2D eigenvalue weighted by atomic mass is 16.5. The summed E-state index contributed by atoms with van der Waals surface area (Å²) in [7, 11) is 0. The van der Waals surface area contributed by atoms with Crippen LogP contribution >= 0.6 is 0 Å². The number of aromatic nitrogens is 4. The van der Waals surface area contributed by atoms with Crippen LogP contribution in [0.2, 0.25) is 0 Å². The van der Waals surface area contributed by atoms with Gasteiger partial charge in [0.05, 0.1) is 23.9 Å². The van der Waals surface area contributed by atoms with Gasteiger partial charge in [0.1, 0.15) is 5.39 Å². The number of hydrogen-bond acceptors (Lipinski definition) is 6. The van der Waals surface area contributed by atoms with E-state index in [-0.39, 0.29) is 11.1 Å². The lowest BCUT2D eigenvalue weighted by Crippen LogP contribution is -2.46. The molecule has 1 N–H and O–H groups in total. The maximum Gasteiger partial charge on any atom is 0.263 e. The molecule has 2 fully saturated rings. The van der Waals surface area contributed by atoms with E-state index in [1.165, 1.54) is 6.42 Å². The lowest BCUT2D eigenvalue weighted by atomic mass is 9.93. The average Bonchev–Trinajstić information content (AvgIpc) is 3.11. The van der Waals surface area contributed by atoms with E-state index in [0.717, 1.165) is 51.5 Å². The van der Waals surface area contributed by atoms with Gasteiger partial charge in [-0.05, 0) is 66.3 Å². The first kappa shape index (κ1) is 21.3. The van der Waals surface area contributed by atoms with Crippen LogP contribution in [0.15, 0.2) is 11.0 Å². The van der Waals surface area contributed by atoms with Crippen LogP contribution in [0.25, 0.3) is 11.0 Å². The number of anilines is 1. The third-order valence-corrected chi connectivity index (χ3v) is 6.32. The second kappa shape index (κ2) is 8.30. The normalized spacial score (nSPS) is 24.6. The van der Waals surface area contributed by atoms with Gasteiger partial charge >= 0.3 is 0 Å². The molecule has 30 heavy (non-hydrogen) atoms. The van der Waals surface area contributed by atoms with Gasteiger partial charge in [0.15, 0.2) is 5.65 Å². The van der Waals surface area contributed by atoms with Gasteiger partial charge in [-0.1, -0.05) is 0 Å². The van der Waals surface area contributed by atoms with Crippen LogP contribution in [0, 0.1) is 5.92 Å². The van der Waals surface area contributed by atoms with Gasteiger partial charge in [0.25, 0.3) is 5.56 Å². The molecular formula is C22H36N6O2. The molecule has 2 aromatic rings. The Morgan fingerprint density at radius 3 is 2.47 bits per heavy atom. The van der Waals surface area contributed by atoms with Crippen molar-refractivity contribution >= 4 is 17.0 Å². The average molecular weight is 417 g/mol. The molecule has 0 radical (unpaired) electrons. The third kappa shape index (κ3) is 4.54. The Hall–Kier alpha value is -1.93. The van der Waals surface area contributed by atoms with Crippen molar-refractivity contribution < 1.29 is 4.74 Å². The molecule has 0 saturated carbocycles. The summed E-state index contributed by atoms with van der Waals surface area (Å²) < 4.78 is 7.69. The molecule has 2 saturated heterocycles. The van der Waals surface area contributed by atoms with Gasteiger partial charge in [0, 0.05) is 26.2 Å². The molecule has 2 unspecified atom stereocenters. The Balaban J connectivity index is 1.38. The summed E-state index contributed by atoms with van der Waals surface area (Å²) in [5.41, 5.74) is 0.337. The van der Waals surface area contributed by atoms with Crippen molar-refractivity contribution in [3.05, 3.63) is 16.6 Å². The van der Waals surface area contributed by atoms with Crippen molar-refractivity contribution in [1.82, 2.24) is 24.6 Å². The maximum absolute atomic E-state index is 12.6. The summed E-state index contributed by atoms with van der Waals surface area (Å²) >= 11 is 0. The second-order valence-electron chi connectivity index (χ2n) is 10.1. The first-order valence-electron chi connectivity index (χ1n) is 11.3. The fourth-order valence-electron chi connectivity index (χ4n) is 4.81. The Morgan fingerprint density at radius 1 is 1.17 bits per heavy atom. The number of H-pyrrole nitrogens is 1. The molecule has 0 aliphatic carbocycles. The van der Waals surface area contributed by atoms with Gasteiger partial charge in [-0.15, -0.1) is 0 Å². The molecule has 8 nitrogen and oxygen atoms in total. The second-order valence-corrected chi connectivity index (χ2v) is 10.1. The minimum Gasteiger partial charge on any atom is -0.373 e. The number of nitrogens with zero attached hydrogens (tertiary/aromatic N) is 5. The quantitative estimate of drug-likeness (QED) is 0.825. The topological polar surface area (TPSA) is 79.3 Å². The monoisotopic (exact) mass is 416 g/mol. The predicted octanol–water partition coefficient (Wildman–Crippen LogP) is 2.59. The molecule has 4 heterocycles. The molecule has 2 atom stereocenters. The van der Waals surface area contributed by atoms with E-state index in [1.54, 1.807) is 6.20 Å². The number of rotatable bonds is 4. The Kier molecular flexibility index (Phi) is 5.90. The lowest BCUT2D eigenvalue weighted by molar-refractivity contribution is -0.0690. The number of aromatic amines is 1. The van der Waals surface area contributed by atoms with E-state index >= 15 is 0 Å². The summed E-state index contributed by atoms with van der Waals surface area (Å²) in [4.78, 5) is 25.1. The molecule has 0 aromatic carbocycles. The summed E-state index contributed by atoms with van der Waals surface area (Å²) in [6.45, 7) is 15.6. The van der Waals surface area contributed by atoms with Crippen molar-refractivity contribution in [3.8, 4) is 0 Å². The number of piperidine rings is 1. The van der Waals surface area contributed by atoms with Crippen molar-refractivity contribution in [2.75, 3.05) is 37.6 Å². The van der Waals surface area contributed by atoms with Crippen molar-refractivity contribution in [1.29, 1.82) is 0 Å². The van der Waals surface area contributed by atoms with Gasteiger partial charge in [0.2, 0.25) is 5.95 Å². The molecular weight excluding hydrogens is 380 g/mol. The van der Waals surface area contributed by atoms with Gasteiger partial charge in [-0.2, -0.15) is 10.1 Å². The van der Waals surface area contributed by atoms with E-state index < -0.39 is 0 Å². The molecule has 0 spiro atoms. The fourth-order valence-corrected chi connectivity index (χ4v) is 4.81. The predicted molar refractivity (Wildman–Crippen MR) is 119 cm³/mol. The summed E-state index contributed by atoms with van der Waals surface area (Å²) in [6, 6.07) is 0. The molecule has 4 rings (SSSR count). The summed E-state index contributed by atoms with van der Waals surface area (Å²) in [6.07, 6.45) is 5.78. The zero-order chi connectivity index (χ0) is 21.5. The Morgan fingerprint density at radius 2 is 1.83 bits per heavy atom. The van der Waals surface area contributed by atoms with Gasteiger partial charge in [-0.25, -0.2) is 4.68 Å². The zero-order valence-corrected chi connectivity index (χ0v) is 19.0. The Bertz CT molecular complexity index is 912. The number of morpholine rings is 1. The highest BCUT2D eigenvalue weighted by Gasteiger charge is 2.26. The number of hydrogen-bond donors (Lipinski definition) is 1. The minimum atomic E-state index is -0.221. The van der Waals surface area contributed by atoms with E-state index in [1.807, 2.05) is 4.68 Å². The van der Waals surface area contributed by atoms with Crippen LogP contribution in [0.3, 0.4) is 0 Å². The maximum atomic E-state index is 12.6. The van der Waals surface area contributed by atoms with Crippen LogP contribution in [0.4, 0.5) is 5.95 Å². The summed E-state index contributed by atoms with van der Waals surface area (Å²) in [5.74, 6) is 1.40. The van der Waals surface area contributed by atoms with Crippen LogP contribution in [-0.4, -0.2) is 69.6 Å². The standard InChI is InChI=1S/C22H36N6O2/c1-15-13-26(14-16(2)30-15)9-6-17-7-10-27(11-8-17)21-24-19-18(20(29)25-21)12-23-28(19)22(3,4)5/h12,15-17H,6-11,13-14H2,1-5H3,(H,24,25,29). The van der Waals surface area contributed by atoms with E-state index in [0.29, 0.717) is 29.2 Å². The first-order valence-corrected chi connectivity index (χ1v) is 11.3. The molecule has 0 amide bonds. The molecule has 166 valence electrons. The molecule has 8 heteroatoms. The lowest BCUT2D eigenvalue weighted by Gasteiger charge is -2.37. The number of nitrogens with one attached hydrogen (secondary N) is 1. The number of fused-ring (bicyclic) bond motifs is 1. The van der Waals surface area contributed by atoms with Gasteiger partial charge < -0.3 is 9.64 Å². The summed E-state index contributed by atoms with van der Waals surface area (Å²) in [5, 5.41) is 4.96. The first-order chi connectivity index (χ1) is 14.2. The van der Waals surface area contributed by atoms with Gasteiger partial charge in [-0.3, -0.25) is 14.7 Å². The van der Waals surface area contributed by atoms with Crippen molar-refractivity contribution in [2.24, 2.45) is 5.92 Å². The van der Waals surface area contributed by atoms with Crippen LogP contribution in [0.1, 0.15) is 53.9 Å². The van der Waals surface area contributed by atoms with Crippen LogP contribution in [0.5, 0.6) is 0 Å². The molecule has 2 aromatic heterocycles. The zero-order valence-electron chi connectivity index (χ0n) is 19.0. The highest BCUT2D eigenvalue weighted by molar-refractivity contribution is 5.74. The largest absolute Gasteiger partial charge is 0.373 e. The fraction of sp³-hybridized carbons (Fsp3) is 0.773. The SMILES string of the molecule is CC1CN(CCC2CCN(c3nc4c(cnn4C(C)(C)C)c(=O)[nH]3)CC2)CC(C)O1. The van der Waals surface area contributed by atoms with E-state index in [9.17, 15) is 4.79 Å². The van der Waals surface area contributed by atoms with Crippen molar-refractivity contribution in [2.45, 2.75) is 71.6 Å². The molecule has 0 bridgehead atoms. The van der Waals surface area contributed by atoms with E-state index in [4.69, 9.17) is 9.72 Å². The Labute approximate surface area is 178 Å². The highest BCUT2D eigenvalue weighted by Crippen LogP contribution is 2.25. The number of ether oxygens (including phenoxy) is 1. The van der Waals surface area contributed by atoms with Crippen LogP contribution < -0.4 is 10.5 Å². The van der Waals surface area contributed by atoms with Crippen molar-refractivity contribution in [3.63, 3.8) is 0 Å². The minimum absolute atomic E-state index is 0.108. The smallest absolute Gasteiger partial charge is 0.263 e.